The van der Waals surface area contributed by atoms with Crippen LogP contribution in [-0.4, -0.2) is 36.9 Å². The topological polar surface area (TPSA) is 96.5 Å². The van der Waals surface area contributed by atoms with Crippen LogP contribution in [0, 0.1) is 17.2 Å². The van der Waals surface area contributed by atoms with Gasteiger partial charge in [0.05, 0.1) is 11.8 Å². The van der Waals surface area contributed by atoms with Crippen LogP contribution in [0.2, 0.25) is 0 Å². The van der Waals surface area contributed by atoms with E-state index in [0.29, 0.717) is 6.04 Å². The van der Waals surface area contributed by atoms with Gasteiger partial charge >= 0.3 is 0 Å². The highest BCUT2D eigenvalue weighted by Crippen LogP contribution is 2.41. The van der Waals surface area contributed by atoms with Crippen molar-refractivity contribution in [2.75, 3.05) is 5.75 Å². The molecule has 0 radical (unpaired) electrons. The number of thioether (sulfide) groups is 1. The maximum Gasteiger partial charge on any atom is 0.231 e. The molecule has 0 bridgehead atoms. The number of aromatic nitrogens is 4. The van der Waals surface area contributed by atoms with Crippen LogP contribution in [0.25, 0.3) is 11.4 Å². The highest BCUT2D eigenvalue weighted by atomic mass is 32.2. The fourth-order valence-corrected chi connectivity index (χ4v) is 3.88. The molecule has 2 fully saturated rings. The van der Waals surface area contributed by atoms with Crippen LogP contribution in [0.3, 0.4) is 0 Å². The summed E-state index contributed by atoms with van der Waals surface area (Å²) in [5.74, 6) is 1.18. The smallest absolute Gasteiger partial charge is 0.231 e. The minimum absolute atomic E-state index is 0.137. The average molecular weight is 368 g/mol. The number of carbonyl (C=O) groups excluding carboxylic acids is 1. The standard InChI is InChI=1S/C18H20N6OS/c1-18(11-19,13-2-3-13)21-15(25)10-26-17-23-22-16(24(17)14-4-5-14)12-6-8-20-9-7-12/h6-9,13-14H,2-5,10H2,1H3,(H,21,25)/t18-/m1/s1. The Kier molecular flexibility index (Phi) is 4.41. The van der Waals surface area contributed by atoms with E-state index in [-0.39, 0.29) is 17.6 Å². The van der Waals surface area contributed by atoms with Crippen molar-refractivity contribution in [1.29, 1.82) is 5.26 Å². The first-order chi connectivity index (χ1) is 12.6. The van der Waals surface area contributed by atoms with Crippen LogP contribution in [0.15, 0.2) is 29.7 Å². The van der Waals surface area contributed by atoms with Gasteiger partial charge in [-0.1, -0.05) is 11.8 Å². The first kappa shape index (κ1) is 17.0. The second kappa shape index (κ2) is 6.72. The molecule has 134 valence electrons. The van der Waals surface area contributed by atoms with Crippen molar-refractivity contribution >= 4 is 17.7 Å². The van der Waals surface area contributed by atoms with Gasteiger partial charge in [0.1, 0.15) is 5.54 Å². The molecule has 8 heteroatoms. The van der Waals surface area contributed by atoms with Crippen molar-refractivity contribution in [2.45, 2.75) is 49.3 Å². The van der Waals surface area contributed by atoms with Crippen molar-refractivity contribution in [2.24, 2.45) is 5.92 Å². The Labute approximate surface area is 156 Å². The van der Waals surface area contributed by atoms with Gasteiger partial charge in [-0.2, -0.15) is 5.26 Å². The molecule has 2 aromatic heterocycles. The summed E-state index contributed by atoms with van der Waals surface area (Å²) < 4.78 is 2.12. The summed E-state index contributed by atoms with van der Waals surface area (Å²) in [7, 11) is 0. The van der Waals surface area contributed by atoms with E-state index in [1.165, 1.54) is 11.8 Å². The van der Waals surface area contributed by atoms with Gasteiger partial charge in [0, 0.05) is 24.0 Å². The first-order valence-electron chi connectivity index (χ1n) is 8.81. The fraction of sp³-hybridized carbons (Fsp3) is 0.500. The second-order valence-corrected chi connectivity index (χ2v) is 8.01. The van der Waals surface area contributed by atoms with E-state index in [9.17, 15) is 10.1 Å². The predicted molar refractivity (Wildman–Crippen MR) is 97.1 cm³/mol. The Bertz CT molecular complexity index is 852. The van der Waals surface area contributed by atoms with Gasteiger partial charge in [-0.05, 0) is 50.7 Å². The van der Waals surface area contributed by atoms with E-state index in [4.69, 9.17) is 0 Å². The van der Waals surface area contributed by atoms with E-state index < -0.39 is 5.54 Å². The lowest BCUT2D eigenvalue weighted by molar-refractivity contribution is -0.119. The van der Waals surface area contributed by atoms with Gasteiger partial charge in [0.25, 0.3) is 0 Å². The van der Waals surface area contributed by atoms with Gasteiger partial charge in [-0.25, -0.2) is 0 Å². The Morgan fingerprint density at radius 2 is 2.08 bits per heavy atom. The second-order valence-electron chi connectivity index (χ2n) is 7.07. The van der Waals surface area contributed by atoms with Crippen LogP contribution < -0.4 is 5.32 Å². The molecule has 2 heterocycles. The number of rotatable bonds is 7. The fourth-order valence-electron chi connectivity index (χ4n) is 3.07. The van der Waals surface area contributed by atoms with Crippen LogP contribution in [0.1, 0.15) is 38.6 Å². The van der Waals surface area contributed by atoms with E-state index in [1.807, 2.05) is 19.1 Å². The van der Waals surface area contributed by atoms with Crippen molar-refractivity contribution in [1.82, 2.24) is 25.1 Å². The average Bonchev–Trinajstić information content (AvgIpc) is 3.58. The first-order valence-corrected chi connectivity index (χ1v) is 9.79. The molecule has 0 saturated heterocycles. The van der Waals surface area contributed by atoms with Gasteiger partial charge < -0.3 is 5.32 Å². The summed E-state index contributed by atoms with van der Waals surface area (Å²) >= 11 is 1.37. The third kappa shape index (κ3) is 3.44. The highest BCUT2D eigenvalue weighted by molar-refractivity contribution is 7.99. The van der Waals surface area contributed by atoms with Gasteiger partial charge in [-0.3, -0.25) is 14.3 Å². The molecule has 1 N–H and O–H groups in total. The van der Waals surface area contributed by atoms with E-state index in [0.717, 1.165) is 42.2 Å². The predicted octanol–water partition coefficient (Wildman–Crippen LogP) is 2.58. The molecule has 4 rings (SSSR count). The molecule has 2 aliphatic rings. The maximum absolute atomic E-state index is 12.3. The van der Waals surface area contributed by atoms with Crippen molar-refractivity contribution in [3.63, 3.8) is 0 Å². The molecule has 0 aromatic carbocycles. The zero-order chi connectivity index (χ0) is 18.1. The number of hydrogen-bond donors (Lipinski definition) is 1. The molecule has 26 heavy (non-hydrogen) atoms. The summed E-state index contributed by atoms with van der Waals surface area (Å²) in [6.45, 7) is 1.81. The van der Waals surface area contributed by atoms with E-state index in [1.54, 1.807) is 12.4 Å². The Morgan fingerprint density at radius 1 is 1.35 bits per heavy atom. The monoisotopic (exact) mass is 368 g/mol. The molecule has 0 spiro atoms. The number of carbonyl (C=O) groups is 1. The number of nitrogens with zero attached hydrogens (tertiary/aromatic N) is 5. The lowest BCUT2D eigenvalue weighted by Gasteiger charge is -2.22. The zero-order valence-electron chi connectivity index (χ0n) is 14.6. The maximum atomic E-state index is 12.3. The minimum Gasteiger partial charge on any atom is -0.337 e. The normalized spacial score (nSPS) is 18.8. The SMILES string of the molecule is C[C@](C#N)(NC(=O)CSc1nnc(-c2ccncc2)n1C1CC1)C1CC1. The zero-order valence-corrected chi connectivity index (χ0v) is 15.4. The summed E-state index contributed by atoms with van der Waals surface area (Å²) in [6, 6.07) is 6.48. The molecule has 2 saturated carbocycles. The molecule has 7 nitrogen and oxygen atoms in total. The quantitative estimate of drug-likeness (QED) is 0.755. The van der Waals surface area contributed by atoms with Crippen LogP contribution in [-0.2, 0) is 4.79 Å². The summed E-state index contributed by atoms with van der Waals surface area (Å²) in [5.41, 5.74) is 0.214. The minimum atomic E-state index is -0.760. The largest absolute Gasteiger partial charge is 0.337 e. The number of amides is 1. The molecule has 0 aliphatic heterocycles. The number of nitriles is 1. The summed E-state index contributed by atoms with van der Waals surface area (Å²) in [4.78, 5) is 16.4. The molecule has 1 amide bonds. The third-order valence-corrected chi connectivity index (χ3v) is 5.82. The van der Waals surface area contributed by atoms with Gasteiger partial charge in [-0.15, -0.1) is 10.2 Å². The van der Waals surface area contributed by atoms with Crippen LogP contribution in [0.5, 0.6) is 0 Å². The van der Waals surface area contributed by atoms with E-state index in [2.05, 4.69) is 31.1 Å². The molecular weight excluding hydrogens is 348 g/mol. The molecule has 2 aromatic rings. The van der Waals surface area contributed by atoms with Crippen molar-refractivity contribution < 1.29 is 4.79 Å². The van der Waals surface area contributed by atoms with Crippen LogP contribution in [0.4, 0.5) is 0 Å². The lowest BCUT2D eigenvalue weighted by Crippen LogP contribution is -2.47. The molecule has 2 aliphatic carbocycles. The Hall–Kier alpha value is -2.40. The summed E-state index contributed by atoms with van der Waals surface area (Å²) in [6.07, 6.45) is 7.68. The van der Waals surface area contributed by atoms with Crippen molar-refractivity contribution in [3.05, 3.63) is 24.5 Å². The molecule has 0 unspecified atom stereocenters. The number of hydrogen-bond acceptors (Lipinski definition) is 6. The van der Waals surface area contributed by atoms with E-state index >= 15 is 0 Å². The molecule has 1 atom stereocenters. The lowest BCUT2D eigenvalue weighted by atomic mass is 9.98. The third-order valence-electron chi connectivity index (χ3n) is 4.87. The number of pyridine rings is 1. The summed E-state index contributed by atoms with van der Waals surface area (Å²) in [5, 5.41) is 21.7. The van der Waals surface area contributed by atoms with Crippen LogP contribution >= 0.6 is 11.8 Å². The van der Waals surface area contributed by atoms with Gasteiger partial charge in [0.15, 0.2) is 11.0 Å². The number of nitrogens with one attached hydrogen (secondary N) is 1. The molecular formula is C18H20N6OS. The van der Waals surface area contributed by atoms with Crippen molar-refractivity contribution in [3.8, 4) is 17.5 Å². The van der Waals surface area contributed by atoms with Gasteiger partial charge in [0.2, 0.25) is 5.91 Å². The Morgan fingerprint density at radius 3 is 2.69 bits per heavy atom. The highest BCUT2D eigenvalue weighted by Gasteiger charge is 2.43. The Balaban J connectivity index is 1.46.